The van der Waals surface area contributed by atoms with Crippen LogP contribution < -0.4 is 24.6 Å². The number of halogens is 4. The van der Waals surface area contributed by atoms with E-state index in [0.29, 0.717) is 0 Å². The summed E-state index contributed by atoms with van der Waals surface area (Å²) >= 11 is 7.40. The number of ether oxygens (including phenoxy) is 3. The number of benzene rings is 2. The first-order valence-electron chi connectivity index (χ1n) is 12.6. The Bertz CT molecular complexity index is 1590. The highest BCUT2D eigenvalue weighted by atomic mass is 35.5. The van der Waals surface area contributed by atoms with Crippen molar-refractivity contribution in [3.05, 3.63) is 52.1 Å². The Morgan fingerprint density at radius 2 is 1.86 bits per heavy atom. The molecule has 0 bridgehead atoms. The number of amides is 2. The molecule has 0 aliphatic heterocycles. The fraction of sp³-hybridized carbons (Fsp3) is 0.346. The van der Waals surface area contributed by atoms with Crippen molar-refractivity contribution in [2.45, 2.75) is 37.9 Å². The Balaban J connectivity index is 1.99. The van der Waals surface area contributed by atoms with Crippen molar-refractivity contribution < 1.29 is 45.4 Å². The molecular formula is C26H29ClF3N5O7S2. The molecule has 0 unspecified atom stereocenters. The van der Waals surface area contributed by atoms with Crippen LogP contribution in [0.15, 0.2) is 46.1 Å². The van der Waals surface area contributed by atoms with Gasteiger partial charge in [-0.15, -0.1) is 15.6 Å². The van der Waals surface area contributed by atoms with Crippen LogP contribution in [0.25, 0.3) is 0 Å². The fourth-order valence-corrected chi connectivity index (χ4v) is 5.78. The molecule has 1 aromatic heterocycles. The van der Waals surface area contributed by atoms with Gasteiger partial charge >= 0.3 is 18.8 Å². The van der Waals surface area contributed by atoms with E-state index in [1.807, 2.05) is 0 Å². The van der Waals surface area contributed by atoms with E-state index in [9.17, 15) is 26.8 Å². The third kappa shape index (κ3) is 8.79. The van der Waals surface area contributed by atoms with Gasteiger partial charge in [0.25, 0.3) is 10.0 Å². The van der Waals surface area contributed by atoms with E-state index in [0.717, 1.165) is 23.5 Å². The van der Waals surface area contributed by atoms with Crippen LogP contribution in [-0.4, -0.2) is 65.0 Å². The standard InChI is InChI=1S/C26H29ClF3N5O7S2/c1-26(2,3)42-25(37)35(22-13-43-14-32-22)44(38,39)21-11-16(27)19(12-17(21)28)33-18-7-6-15(41-23(29)30)10-20(18)34(5)8-9-40-24(36)31-4/h6-7,10-14,23,33H,8-9H2,1-5H3,(H,31,36). The predicted octanol–water partition coefficient (Wildman–Crippen LogP) is 6.20. The monoisotopic (exact) mass is 679 g/mol. The van der Waals surface area contributed by atoms with Crippen LogP contribution in [-0.2, 0) is 19.5 Å². The fourth-order valence-electron chi connectivity index (χ4n) is 3.57. The Labute approximate surface area is 260 Å². The largest absolute Gasteiger partial charge is 0.448 e. The normalized spacial score (nSPS) is 11.6. The average molecular weight is 680 g/mol. The van der Waals surface area contributed by atoms with Crippen molar-refractivity contribution in [2.75, 3.05) is 41.8 Å². The van der Waals surface area contributed by atoms with E-state index in [2.05, 4.69) is 20.4 Å². The lowest BCUT2D eigenvalue weighted by Crippen LogP contribution is -2.41. The van der Waals surface area contributed by atoms with Crippen molar-refractivity contribution in [3.8, 4) is 5.75 Å². The smallest absolute Gasteiger partial charge is 0.430 e. The van der Waals surface area contributed by atoms with Crippen molar-refractivity contribution >= 4 is 68.0 Å². The second kappa shape index (κ2) is 14.2. The Morgan fingerprint density at radius 3 is 2.45 bits per heavy atom. The molecule has 2 N–H and O–H groups in total. The van der Waals surface area contributed by atoms with Gasteiger partial charge in [-0.3, -0.25) is 0 Å². The zero-order chi connectivity index (χ0) is 32.8. The van der Waals surface area contributed by atoms with Gasteiger partial charge in [-0.2, -0.15) is 8.78 Å². The Kier molecular flexibility index (Phi) is 11.2. The second-order valence-electron chi connectivity index (χ2n) is 9.85. The van der Waals surface area contributed by atoms with E-state index in [-0.39, 0.29) is 51.1 Å². The lowest BCUT2D eigenvalue weighted by atomic mass is 10.2. The van der Waals surface area contributed by atoms with Gasteiger partial charge in [0.2, 0.25) is 0 Å². The SMILES string of the molecule is CNC(=O)OCCN(C)c1cc(OC(F)F)ccc1Nc1cc(F)c(S(=O)(=O)N(C(=O)OC(C)(C)C)c2cscn2)cc1Cl. The lowest BCUT2D eigenvalue weighted by molar-refractivity contribution is -0.0498. The molecule has 0 fully saturated rings. The summed E-state index contributed by atoms with van der Waals surface area (Å²) in [6.45, 7) is 1.51. The number of alkyl halides is 2. The van der Waals surface area contributed by atoms with E-state index in [1.54, 1.807) is 11.9 Å². The minimum atomic E-state index is -4.92. The highest BCUT2D eigenvalue weighted by molar-refractivity contribution is 7.93. The number of rotatable bonds is 11. The van der Waals surface area contributed by atoms with Gasteiger partial charge < -0.3 is 29.7 Å². The number of hydrogen-bond acceptors (Lipinski definition) is 11. The molecule has 12 nitrogen and oxygen atoms in total. The topological polar surface area (TPSA) is 139 Å². The van der Waals surface area contributed by atoms with Crippen molar-refractivity contribution in [1.29, 1.82) is 0 Å². The van der Waals surface area contributed by atoms with E-state index < -0.39 is 45.1 Å². The summed E-state index contributed by atoms with van der Waals surface area (Å²) in [6.07, 6.45) is -1.98. The summed E-state index contributed by atoms with van der Waals surface area (Å²) in [5, 5.41) is 6.15. The second-order valence-corrected chi connectivity index (χ2v) is 12.7. The molecule has 3 rings (SSSR count). The van der Waals surface area contributed by atoms with Crippen LogP contribution >= 0.6 is 22.9 Å². The third-order valence-corrected chi connectivity index (χ3v) is 8.04. The number of nitrogens with one attached hydrogen (secondary N) is 2. The molecular weight excluding hydrogens is 651 g/mol. The predicted molar refractivity (Wildman–Crippen MR) is 159 cm³/mol. The molecule has 1 heterocycles. The summed E-state index contributed by atoms with van der Waals surface area (Å²) in [5.74, 6) is -1.77. The van der Waals surface area contributed by atoms with Crippen LogP contribution in [0.1, 0.15) is 20.8 Å². The van der Waals surface area contributed by atoms with E-state index in [4.69, 9.17) is 21.1 Å². The summed E-state index contributed by atoms with van der Waals surface area (Å²) in [7, 11) is -1.97. The van der Waals surface area contributed by atoms with Crippen molar-refractivity contribution in [2.24, 2.45) is 0 Å². The molecule has 2 amide bonds. The number of hydrogen-bond donors (Lipinski definition) is 2. The zero-order valence-electron chi connectivity index (χ0n) is 24.1. The van der Waals surface area contributed by atoms with Crippen LogP contribution in [0.4, 0.5) is 45.6 Å². The maximum atomic E-state index is 15.5. The van der Waals surface area contributed by atoms with E-state index >= 15 is 4.39 Å². The summed E-state index contributed by atoms with van der Waals surface area (Å²) in [5.41, 5.74) is 0.593. The lowest BCUT2D eigenvalue weighted by Gasteiger charge is -2.26. The molecule has 0 atom stereocenters. The molecule has 0 saturated heterocycles. The Hall–Kier alpha value is -3.96. The summed E-state index contributed by atoms with van der Waals surface area (Å²) in [4.78, 5) is 28.8. The number of likely N-dealkylation sites (N-methyl/N-ethyl adjacent to an activating group) is 1. The Morgan fingerprint density at radius 1 is 1.16 bits per heavy atom. The minimum Gasteiger partial charge on any atom is -0.448 e. The number of carbonyl (C=O) groups excluding carboxylic acids is 2. The van der Waals surface area contributed by atoms with Gasteiger partial charge in [0.15, 0.2) is 5.82 Å². The average Bonchev–Trinajstić information content (AvgIpc) is 3.43. The molecule has 44 heavy (non-hydrogen) atoms. The van der Waals surface area contributed by atoms with Crippen LogP contribution in [0.2, 0.25) is 5.02 Å². The maximum absolute atomic E-state index is 15.5. The minimum absolute atomic E-state index is 0.0787. The quantitative estimate of drug-likeness (QED) is 0.241. The number of aromatic nitrogens is 1. The van der Waals surface area contributed by atoms with Gasteiger partial charge in [0, 0.05) is 31.6 Å². The number of sulfonamides is 1. The molecule has 0 spiro atoms. The maximum Gasteiger partial charge on any atom is 0.430 e. The summed E-state index contributed by atoms with van der Waals surface area (Å²) < 4.78 is 83.4. The number of thiazole rings is 1. The van der Waals surface area contributed by atoms with Gasteiger partial charge in [0.05, 0.1) is 34.1 Å². The molecule has 0 saturated carbocycles. The number of nitrogens with zero attached hydrogens (tertiary/aromatic N) is 3. The highest BCUT2D eigenvalue weighted by Gasteiger charge is 2.38. The van der Waals surface area contributed by atoms with Crippen LogP contribution in [0, 0.1) is 5.82 Å². The third-order valence-electron chi connectivity index (χ3n) is 5.47. The van der Waals surface area contributed by atoms with Gasteiger partial charge in [0.1, 0.15) is 28.7 Å². The van der Waals surface area contributed by atoms with Crippen LogP contribution in [0.3, 0.4) is 0 Å². The highest BCUT2D eigenvalue weighted by Crippen LogP contribution is 2.37. The van der Waals surface area contributed by atoms with Gasteiger partial charge in [-0.05, 0) is 39.0 Å². The van der Waals surface area contributed by atoms with Gasteiger partial charge in [-0.1, -0.05) is 11.6 Å². The van der Waals surface area contributed by atoms with E-state index in [1.165, 1.54) is 56.9 Å². The first-order chi connectivity index (χ1) is 20.5. The first kappa shape index (κ1) is 34.5. The first-order valence-corrected chi connectivity index (χ1v) is 15.4. The molecule has 0 radical (unpaired) electrons. The summed E-state index contributed by atoms with van der Waals surface area (Å²) in [6, 6.07) is 5.46. The number of anilines is 4. The molecule has 18 heteroatoms. The number of alkyl carbamates (subject to hydrolysis) is 1. The molecule has 0 aliphatic rings. The zero-order valence-corrected chi connectivity index (χ0v) is 26.4. The molecule has 2 aromatic carbocycles. The number of carbonyl (C=O) groups is 2. The molecule has 0 aliphatic carbocycles. The van der Waals surface area contributed by atoms with Crippen LogP contribution in [0.5, 0.6) is 5.75 Å². The molecule has 240 valence electrons. The van der Waals surface area contributed by atoms with Gasteiger partial charge in [-0.25, -0.2) is 27.4 Å². The van der Waals surface area contributed by atoms with Crippen molar-refractivity contribution in [1.82, 2.24) is 10.3 Å². The van der Waals surface area contributed by atoms with Crippen molar-refractivity contribution in [3.63, 3.8) is 0 Å². The molecule has 3 aromatic rings.